The molecule has 1 aliphatic rings. The second-order valence-corrected chi connectivity index (χ2v) is 5.92. The van der Waals surface area contributed by atoms with Crippen LogP contribution in [0.2, 0.25) is 5.02 Å². The standard InChI is InChI=1S/C16H16ClN7/c17-13-11-18-16(19-12-13)23-9-7-22(8-10-23)14-3-1-4-15(21-14)24-6-2-5-20-24/h1-6,11-12H,7-10H2. The average Bonchev–Trinajstić information content (AvgIpc) is 3.17. The minimum Gasteiger partial charge on any atom is -0.353 e. The van der Waals surface area contributed by atoms with Crippen molar-refractivity contribution in [2.24, 2.45) is 0 Å². The summed E-state index contributed by atoms with van der Waals surface area (Å²) in [6.07, 6.45) is 6.90. The van der Waals surface area contributed by atoms with Crippen LogP contribution in [0.1, 0.15) is 0 Å². The van der Waals surface area contributed by atoms with Gasteiger partial charge in [0.15, 0.2) is 5.82 Å². The summed E-state index contributed by atoms with van der Waals surface area (Å²) in [6, 6.07) is 7.88. The van der Waals surface area contributed by atoms with E-state index < -0.39 is 0 Å². The molecule has 1 saturated heterocycles. The Labute approximate surface area is 144 Å². The number of halogens is 1. The molecule has 1 aliphatic heterocycles. The van der Waals surface area contributed by atoms with Gasteiger partial charge in [-0.25, -0.2) is 19.6 Å². The Balaban J connectivity index is 1.46. The van der Waals surface area contributed by atoms with E-state index in [0.29, 0.717) is 5.02 Å². The molecule has 4 heterocycles. The van der Waals surface area contributed by atoms with Gasteiger partial charge in [0, 0.05) is 38.6 Å². The van der Waals surface area contributed by atoms with Gasteiger partial charge >= 0.3 is 0 Å². The van der Waals surface area contributed by atoms with Crippen molar-refractivity contribution in [1.29, 1.82) is 0 Å². The van der Waals surface area contributed by atoms with Crippen molar-refractivity contribution in [2.75, 3.05) is 36.0 Å². The van der Waals surface area contributed by atoms with E-state index in [1.807, 2.05) is 30.5 Å². The second-order valence-electron chi connectivity index (χ2n) is 5.48. The Morgan fingerprint density at radius 3 is 2.29 bits per heavy atom. The lowest BCUT2D eigenvalue weighted by Gasteiger charge is -2.35. The van der Waals surface area contributed by atoms with Gasteiger partial charge in [0.25, 0.3) is 0 Å². The third kappa shape index (κ3) is 3.03. The van der Waals surface area contributed by atoms with Crippen LogP contribution in [0.25, 0.3) is 5.82 Å². The van der Waals surface area contributed by atoms with E-state index in [0.717, 1.165) is 43.8 Å². The van der Waals surface area contributed by atoms with Gasteiger partial charge in [-0.15, -0.1) is 0 Å². The minimum absolute atomic E-state index is 0.553. The lowest BCUT2D eigenvalue weighted by atomic mass is 10.3. The molecule has 0 radical (unpaired) electrons. The molecule has 3 aromatic heterocycles. The van der Waals surface area contributed by atoms with Crippen LogP contribution < -0.4 is 9.80 Å². The zero-order chi connectivity index (χ0) is 16.4. The molecule has 8 heteroatoms. The number of pyridine rings is 1. The molecule has 0 spiro atoms. The Kier molecular flexibility index (Phi) is 4.00. The molecule has 0 saturated carbocycles. The molecule has 0 amide bonds. The third-order valence-electron chi connectivity index (χ3n) is 3.95. The first-order chi connectivity index (χ1) is 11.8. The van der Waals surface area contributed by atoms with Crippen molar-refractivity contribution in [3.8, 4) is 5.82 Å². The number of aromatic nitrogens is 5. The molecule has 0 aromatic carbocycles. The fourth-order valence-electron chi connectivity index (χ4n) is 2.72. The molecule has 0 N–H and O–H groups in total. The maximum atomic E-state index is 5.84. The summed E-state index contributed by atoms with van der Waals surface area (Å²) >= 11 is 5.84. The van der Waals surface area contributed by atoms with E-state index in [-0.39, 0.29) is 0 Å². The first kappa shape index (κ1) is 14.9. The van der Waals surface area contributed by atoms with Crippen LogP contribution in [-0.4, -0.2) is 50.9 Å². The number of anilines is 2. The molecule has 0 bridgehead atoms. The van der Waals surface area contributed by atoms with Crippen molar-refractivity contribution in [3.63, 3.8) is 0 Å². The zero-order valence-electron chi connectivity index (χ0n) is 13.0. The van der Waals surface area contributed by atoms with Gasteiger partial charge in [-0.1, -0.05) is 17.7 Å². The van der Waals surface area contributed by atoms with Crippen molar-refractivity contribution in [3.05, 3.63) is 54.1 Å². The predicted octanol–water partition coefficient (Wildman–Crippen LogP) is 2.04. The molecular formula is C16H16ClN7. The summed E-state index contributed by atoms with van der Waals surface area (Å²) in [7, 11) is 0. The van der Waals surface area contributed by atoms with Crippen LogP contribution in [0, 0.1) is 0 Å². The number of hydrogen-bond donors (Lipinski definition) is 0. The van der Waals surface area contributed by atoms with E-state index in [2.05, 4.69) is 24.9 Å². The molecule has 3 aromatic rings. The maximum Gasteiger partial charge on any atom is 0.225 e. The van der Waals surface area contributed by atoms with Gasteiger partial charge < -0.3 is 9.80 Å². The van der Waals surface area contributed by atoms with Gasteiger partial charge in [0.1, 0.15) is 5.82 Å². The first-order valence-corrected chi connectivity index (χ1v) is 8.12. The topological polar surface area (TPSA) is 63.0 Å². The van der Waals surface area contributed by atoms with Gasteiger partial charge in [0.05, 0.1) is 17.4 Å². The molecule has 4 rings (SSSR count). The molecule has 0 aliphatic carbocycles. The van der Waals surface area contributed by atoms with E-state index in [9.17, 15) is 0 Å². The van der Waals surface area contributed by atoms with Crippen LogP contribution in [0.15, 0.2) is 49.1 Å². The van der Waals surface area contributed by atoms with Gasteiger partial charge in [-0.2, -0.15) is 5.10 Å². The fraction of sp³-hybridized carbons (Fsp3) is 0.250. The van der Waals surface area contributed by atoms with E-state index >= 15 is 0 Å². The summed E-state index contributed by atoms with van der Waals surface area (Å²) in [5.74, 6) is 2.50. The SMILES string of the molecule is Clc1cnc(N2CCN(c3cccc(-n4cccn4)n3)CC2)nc1. The minimum atomic E-state index is 0.553. The molecule has 0 atom stereocenters. The summed E-state index contributed by atoms with van der Waals surface area (Å²) in [6.45, 7) is 3.41. The first-order valence-electron chi connectivity index (χ1n) is 7.74. The molecular weight excluding hydrogens is 326 g/mol. The van der Waals surface area contributed by atoms with Gasteiger partial charge in [-0.3, -0.25) is 0 Å². The molecule has 7 nitrogen and oxygen atoms in total. The van der Waals surface area contributed by atoms with Crippen LogP contribution in [0.4, 0.5) is 11.8 Å². The quantitative estimate of drug-likeness (QED) is 0.726. The Bertz CT molecular complexity index is 796. The highest BCUT2D eigenvalue weighted by Gasteiger charge is 2.20. The van der Waals surface area contributed by atoms with E-state index in [1.165, 1.54) is 0 Å². The number of hydrogen-bond acceptors (Lipinski definition) is 6. The van der Waals surface area contributed by atoms with Crippen LogP contribution in [0.3, 0.4) is 0 Å². The lowest BCUT2D eigenvalue weighted by molar-refractivity contribution is 0.633. The van der Waals surface area contributed by atoms with Gasteiger partial charge in [-0.05, 0) is 18.2 Å². The fourth-order valence-corrected chi connectivity index (χ4v) is 2.82. The molecule has 24 heavy (non-hydrogen) atoms. The number of nitrogens with zero attached hydrogens (tertiary/aromatic N) is 7. The van der Waals surface area contributed by atoms with E-state index in [1.54, 1.807) is 23.3 Å². The second kappa shape index (κ2) is 6.45. The molecule has 1 fully saturated rings. The molecule has 122 valence electrons. The van der Waals surface area contributed by atoms with Crippen molar-refractivity contribution in [1.82, 2.24) is 24.7 Å². The summed E-state index contributed by atoms with van der Waals surface area (Å²) in [5, 5.41) is 4.78. The predicted molar refractivity (Wildman–Crippen MR) is 92.8 cm³/mol. The molecule has 0 unspecified atom stereocenters. The summed E-state index contributed by atoms with van der Waals surface area (Å²) in [4.78, 5) is 17.7. The highest BCUT2D eigenvalue weighted by Crippen LogP contribution is 2.18. The van der Waals surface area contributed by atoms with Crippen LogP contribution >= 0.6 is 11.6 Å². The monoisotopic (exact) mass is 341 g/mol. The van der Waals surface area contributed by atoms with Crippen molar-refractivity contribution < 1.29 is 0 Å². The average molecular weight is 342 g/mol. The van der Waals surface area contributed by atoms with Crippen molar-refractivity contribution in [2.45, 2.75) is 0 Å². The highest BCUT2D eigenvalue weighted by atomic mass is 35.5. The Morgan fingerprint density at radius 1 is 0.875 bits per heavy atom. The van der Waals surface area contributed by atoms with Crippen molar-refractivity contribution >= 4 is 23.4 Å². The normalized spacial score (nSPS) is 14.9. The lowest BCUT2D eigenvalue weighted by Crippen LogP contribution is -2.47. The highest BCUT2D eigenvalue weighted by molar-refractivity contribution is 6.30. The Hall–Kier alpha value is -2.67. The Morgan fingerprint density at radius 2 is 1.58 bits per heavy atom. The summed E-state index contributed by atoms with van der Waals surface area (Å²) in [5.41, 5.74) is 0. The van der Waals surface area contributed by atoms with Gasteiger partial charge in [0.2, 0.25) is 5.95 Å². The van der Waals surface area contributed by atoms with Crippen LogP contribution in [0.5, 0.6) is 0 Å². The number of rotatable bonds is 3. The third-order valence-corrected chi connectivity index (χ3v) is 4.15. The number of piperazine rings is 1. The largest absolute Gasteiger partial charge is 0.353 e. The van der Waals surface area contributed by atoms with Crippen LogP contribution in [-0.2, 0) is 0 Å². The smallest absolute Gasteiger partial charge is 0.225 e. The zero-order valence-corrected chi connectivity index (χ0v) is 13.7. The summed E-state index contributed by atoms with van der Waals surface area (Å²) < 4.78 is 1.77. The van der Waals surface area contributed by atoms with E-state index in [4.69, 9.17) is 16.6 Å². The maximum absolute atomic E-state index is 5.84.